The average molecular weight is 377 g/mol. The zero-order valence-corrected chi connectivity index (χ0v) is 17.6. The fourth-order valence-electron chi connectivity index (χ4n) is 4.20. The van der Waals surface area contributed by atoms with E-state index in [9.17, 15) is 0 Å². The van der Waals surface area contributed by atoms with Gasteiger partial charge in [-0.1, -0.05) is 32.9 Å². The highest BCUT2D eigenvalue weighted by atomic mass is 14.9. The van der Waals surface area contributed by atoms with Gasteiger partial charge in [0.2, 0.25) is 5.69 Å². The number of pyridine rings is 2. The lowest BCUT2D eigenvalue weighted by Gasteiger charge is -2.18. The molecule has 0 atom stereocenters. The summed E-state index contributed by atoms with van der Waals surface area (Å²) in [5, 5.41) is 0. The molecule has 2 nitrogen and oxygen atoms in total. The largest absolute Gasteiger partial charge is 0.257 e. The smallest absolute Gasteiger partial charge is 0.213 e. The van der Waals surface area contributed by atoms with Gasteiger partial charge in [0.1, 0.15) is 7.05 Å². The SMILES string of the molecule is [2H]C([2H])([2H])c1cc(C)nc2c1-c1ccc(C)c(-c3cc(C([2H])([2H])C(C)(C)C)cc[n+]3C)c1C2. The molecule has 0 spiro atoms. The maximum absolute atomic E-state index is 8.77. The third-order valence-corrected chi connectivity index (χ3v) is 5.28. The number of rotatable bonds is 2. The molecule has 0 bridgehead atoms. The zero-order valence-electron chi connectivity index (χ0n) is 22.6. The Kier molecular flexibility index (Phi) is 3.19. The minimum atomic E-state index is -2.22. The van der Waals surface area contributed by atoms with Crippen LogP contribution in [0.4, 0.5) is 0 Å². The van der Waals surface area contributed by atoms with Gasteiger partial charge in [-0.15, -0.1) is 0 Å². The summed E-state index contributed by atoms with van der Waals surface area (Å²) >= 11 is 0. The van der Waals surface area contributed by atoms with Crippen molar-refractivity contribution in [2.24, 2.45) is 12.5 Å². The lowest BCUT2D eigenvalue weighted by atomic mass is 9.87. The predicted molar refractivity (Wildman–Crippen MR) is 116 cm³/mol. The van der Waals surface area contributed by atoms with Crippen LogP contribution < -0.4 is 4.57 Å². The molecule has 0 unspecified atom stereocenters. The van der Waals surface area contributed by atoms with Crippen molar-refractivity contribution in [3.63, 3.8) is 0 Å². The Morgan fingerprint density at radius 3 is 2.61 bits per heavy atom. The second kappa shape index (κ2) is 6.55. The molecule has 0 N–H and O–H groups in total. The number of fused-ring (bicyclic) bond motifs is 3. The van der Waals surface area contributed by atoms with E-state index in [-0.39, 0.29) is 0 Å². The summed E-state index contributed by atoms with van der Waals surface area (Å²) in [4.78, 5) is 4.70. The first-order valence-corrected chi connectivity index (χ1v) is 9.77. The Bertz CT molecular complexity index is 1270. The fraction of sp³-hybridized carbons (Fsp3) is 0.385. The van der Waals surface area contributed by atoms with Crippen LogP contribution in [0.2, 0.25) is 0 Å². The van der Waals surface area contributed by atoms with Crippen molar-refractivity contribution >= 4 is 0 Å². The highest BCUT2D eigenvalue weighted by molar-refractivity contribution is 5.85. The maximum Gasteiger partial charge on any atom is 0.213 e. The average Bonchev–Trinajstić information content (AvgIpc) is 3.04. The third-order valence-electron chi connectivity index (χ3n) is 5.28. The van der Waals surface area contributed by atoms with Gasteiger partial charge in [-0.25, -0.2) is 4.57 Å². The molecular formula is C26H31N2+. The molecule has 0 radical (unpaired) electrons. The first-order valence-electron chi connectivity index (χ1n) is 12.3. The Balaban J connectivity index is 1.98. The molecule has 1 aliphatic rings. The van der Waals surface area contributed by atoms with Crippen LogP contribution in [0, 0.1) is 26.1 Å². The van der Waals surface area contributed by atoms with Crippen LogP contribution in [0.15, 0.2) is 36.5 Å². The molecule has 144 valence electrons. The van der Waals surface area contributed by atoms with E-state index in [2.05, 4.69) is 0 Å². The number of aromatic nitrogens is 2. The van der Waals surface area contributed by atoms with Gasteiger partial charge in [0.05, 0.1) is 11.3 Å². The van der Waals surface area contributed by atoms with Crippen LogP contribution in [0.1, 0.15) is 61.3 Å². The Morgan fingerprint density at radius 1 is 1.11 bits per heavy atom. The topological polar surface area (TPSA) is 16.8 Å². The van der Waals surface area contributed by atoms with Gasteiger partial charge in [0.25, 0.3) is 0 Å². The summed E-state index contributed by atoms with van der Waals surface area (Å²) in [6.45, 7) is 7.39. The summed E-state index contributed by atoms with van der Waals surface area (Å²) in [5.74, 6) is 0. The first kappa shape index (κ1) is 13.7. The lowest BCUT2D eigenvalue weighted by Crippen LogP contribution is -2.31. The van der Waals surface area contributed by atoms with Crippen molar-refractivity contribution in [1.82, 2.24) is 4.98 Å². The maximum atomic E-state index is 8.77. The monoisotopic (exact) mass is 376 g/mol. The van der Waals surface area contributed by atoms with Gasteiger partial charge in [-0.3, -0.25) is 4.98 Å². The quantitative estimate of drug-likeness (QED) is 0.413. The van der Waals surface area contributed by atoms with Crippen LogP contribution in [0.3, 0.4) is 0 Å². The van der Waals surface area contributed by atoms with E-state index in [1.54, 1.807) is 6.07 Å². The molecule has 0 aliphatic heterocycles. The van der Waals surface area contributed by atoms with E-state index in [1.807, 2.05) is 76.7 Å². The van der Waals surface area contributed by atoms with Crippen LogP contribution in [-0.4, -0.2) is 4.98 Å². The Labute approximate surface area is 176 Å². The van der Waals surface area contributed by atoms with E-state index in [0.29, 0.717) is 23.2 Å². The number of aryl methyl sites for hydroxylation is 4. The van der Waals surface area contributed by atoms with E-state index >= 15 is 0 Å². The molecule has 28 heavy (non-hydrogen) atoms. The number of benzene rings is 1. The molecular weight excluding hydrogens is 340 g/mol. The van der Waals surface area contributed by atoms with E-state index < -0.39 is 18.6 Å². The van der Waals surface area contributed by atoms with Crippen LogP contribution in [0.25, 0.3) is 22.4 Å². The molecule has 0 saturated carbocycles. The summed E-state index contributed by atoms with van der Waals surface area (Å²) in [7, 11) is 1.96. The third kappa shape index (κ3) is 3.26. The van der Waals surface area contributed by atoms with Crippen LogP contribution >= 0.6 is 0 Å². The van der Waals surface area contributed by atoms with Crippen molar-refractivity contribution in [3.05, 3.63) is 70.2 Å². The molecule has 0 amide bonds. The van der Waals surface area contributed by atoms with Crippen molar-refractivity contribution in [1.29, 1.82) is 0 Å². The second-order valence-electron chi connectivity index (χ2n) is 8.88. The van der Waals surface area contributed by atoms with Gasteiger partial charge >= 0.3 is 0 Å². The van der Waals surface area contributed by atoms with Gasteiger partial charge < -0.3 is 0 Å². The molecule has 2 heterocycles. The van der Waals surface area contributed by atoms with Crippen LogP contribution in [0.5, 0.6) is 0 Å². The Hall–Kier alpha value is -2.48. The Morgan fingerprint density at radius 2 is 1.89 bits per heavy atom. The van der Waals surface area contributed by atoms with E-state index in [1.165, 1.54) is 0 Å². The molecule has 2 aromatic heterocycles. The second-order valence-corrected chi connectivity index (χ2v) is 8.88. The molecule has 4 rings (SSSR count). The molecule has 3 aromatic rings. The number of hydrogen-bond acceptors (Lipinski definition) is 1. The summed E-state index contributed by atoms with van der Waals surface area (Å²) in [6, 6.07) is 9.50. The molecule has 0 fully saturated rings. The number of nitrogens with zero attached hydrogens (tertiary/aromatic N) is 2. The van der Waals surface area contributed by atoms with Gasteiger partial charge in [-0.2, -0.15) is 0 Å². The normalized spacial score (nSPS) is 16.4. The van der Waals surface area contributed by atoms with E-state index in [0.717, 1.165) is 39.2 Å². The van der Waals surface area contributed by atoms with Gasteiger partial charge in [0.15, 0.2) is 6.20 Å². The molecule has 1 aromatic carbocycles. The fourth-order valence-corrected chi connectivity index (χ4v) is 4.20. The van der Waals surface area contributed by atoms with Crippen molar-refractivity contribution in [2.75, 3.05) is 0 Å². The minimum absolute atomic E-state index is 0.348. The standard InChI is InChI=1S/C26H31N2/c1-16-8-9-20-21(14-22-24(20)17(2)12-18(3)27-22)25(16)23-13-19(10-11-28(23)7)15-26(4,5)6/h8-13H,14-15H2,1-7H3/q+1/i2D3,15D2. The van der Waals surface area contributed by atoms with E-state index in [4.69, 9.17) is 11.8 Å². The summed E-state index contributed by atoms with van der Waals surface area (Å²) < 4.78 is 43.8. The van der Waals surface area contributed by atoms with Gasteiger partial charge in [-0.05, 0) is 66.4 Å². The van der Waals surface area contributed by atoms with Crippen LogP contribution in [-0.2, 0) is 19.8 Å². The minimum Gasteiger partial charge on any atom is -0.257 e. The highest BCUT2D eigenvalue weighted by Gasteiger charge is 2.28. The molecule has 2 heteroatoms. The lowest BCUT2D eigenvalue weighted by molar-refractivity contribution is -0.660. The first-order chi connectivity index (χ1) is 15.1. The summed E-state index contributed by atoms with van der Waals surface area (Å²) in [6.07, 6.45) is 0.951. The predicted octanol–water partition coefficient (Wildman–Crippen LogP) is 5.66. The van der Waals surface area contributed by atoms with Crippen molar-refractivity contribution < 1.29 is 11.4 Å². The molecule has 1 aliphatic carbocycles. The highest BCUT2D eigenvalue weighted by Crippen LogP contribution is 2.43. The van der Waals surface area contributed by atoms with Crippen molar-refractivity contribution in [3.8, 4) is 22.4 Å². The van der Waals surface area contributed by atoms with Crippen molar-refractivity contribution in [2.45, 2.75) is 54.3 Å². The summed E-state index contributed by atoms with van der Waals surface area (Å²) in [5.41, 5.74) is 7.61. The zero-order chi connectivity index (χ0) is 24.5. The van der Waals surface area contributed by atoms with Gasteiger partial charge in [0, 0.05) is 36.7 Å². The number of hydrogen-bond donors (Lipinski definition) is 0. The molecule has 0 saturated heterocycles.